The third-order valence-corrected chi connectivity index (χ3v) is 4.42. The Labute approximate surface area is 104 Å². The molecule has 2 nitrogen and oxygen atoms in total. The molecule has 0 radical (unpaired) electrons. The predicted octanol–water partition coefficient (Wildman–Crippen LogP) is 3.63. The predicted molar refractivity (Wildman–Crippen MR) is 72.0 cm³/mol. The van der Waals surface area contributed by atoms with Crippen LogP contribution in [0.25, 0.3) is 0 Å². The largest absolute Gasteiger partial charge is 0.399 e. The van der Waals surface area contributed by atoms with Gasteiger partial charge in [-0.25, -0.2) is 4.98 Å². The number of hydrogen-bond donors (Lipinski definition) is 1. The lowest BCUT2D eigenvalue weighted by Gasteiger charge is -2.03. The molecule has 0 bridgehead atoms. The summed E-state index contributed by atoms with van der Waals surface area (Å²) < 4.78 is 0. The van der Waals surface area contributed by atoms with Crippen LogP contribution in [0.4, 0.5) is 5.69 Å². The number of aromatic nitrogens is 1. The van der Waals surface area contributed by atoms with Crippen LogP contribution in [0.1, 0.15) is 16.3 Å². The zero-order chi connectivity index (χ0) is 11.5. The van der Waals surface area contributed by atoms with Gasteiger partial charge in [0.1, 0.15) is 5.01 Å². The Kier molecular flexibility index (Phi) is 3.51. The van der Waals surface area contributed by atoms with E-state index in [1.54, 1.807) is 23.1 Å². The van der Waals surface area contributed by atoms with Gasteiger partial charge in [0, 0.05) is 21.7 Å². The first-order chi connectivity index (χ1) is 7.65. The Hall–Kier alpha value is -1.00. The molecule has 1 aromatic carbocycles. The zero-order valence-corrected chi connectivity index (χ0v) is 11.0. The molecule has 4 heteroatoms. The van der Waals surface area contributed by atoms with Crippen LogP contribution in [0.5, 0.6) is 0 Å². The van der Waals surface area contributed by atoms with Crippen LogP contribution in [0.2, 0.25) is 0 Å². The summed E-state index contributed by atoms with van der Waals surface area (Å²) in [6, 6.07) is 6.15. The molecule has 0 atom stereocenters. The highest BCUT2D eigenvalue weighted by Crippen LogP contribution is 2.26. The van der Waals surface area contributed by atoms with Gasteiger partial charge in [-0.05, 0) is 37.6 Å². The molecule has 0 aliphatic heterocycles. The van der Waals surface area contributed by atoms with Crippen molar-refractivity contribution in [3.63, 3.8) is 0 Å². The van der Waals surface area contributed by atoms with E-state index in [0.29, 0.717) is 0 Å². The first-order valence-corrected chi connectivity index (χ1v) is 6.91. The fraction of sp³-hybridized carbons (Fsp3) is 0.250. The molecule has 2 N–H and O–H groups in total. The molecular weight excluding hydrogens is 236 g/mol. The topological polar surface area (TPSA) is 38.9 Å². The lowest BCUT2D eigenvalue weighted by Crippen LogP contribution is -1.89. The smallest absolute Gasteiger partial charge is 0.103 e. The van der Waals surface area contributed by atoms with Crippen LogP contribution in [-0.4, -0.2) is 4.98 Å². The maximum atomic E-state index is 5.78. The fourth-order valence-corrected chi connectivity index (χ4v) is 3.14. The normalized spacial score (nSPS) is 10.6. The highest BCUT2D eigenvalue weighted by Gasteiger charge is 2.01. The maximum Gasteiger partial charge on any atom is 0.103 e. The molecule has 0 saturated heterocycles. The highest BCUT2D eigenvalue weighted by molar-refractivity contribution is 7.98. The van der Waals surface area contributed by atoms with E-state index in [1.165, 1.54) is 9.90 Å². The van der Waals surface area contributed by atoms with Gasteiger partial charge in [0.25, 0.3) is 0 Å². The Bertz CT molecular complexity index is 492. The number of nitrogens with zero attached hydrogens (tertiary/aromatic N) is 1. The molecule has 1 heterocycles. The average Bonchev–Trinajstić information content (AvgIpc) is 2.66. The monoisotopic (exact) mass is 250 g/mol. The molecule has 0 aliphatic carbocycles. The van der Waals surface area contributed by atoms with Gasteiger partial charge in [0.05, 0.1) is 5.75 Å². The van der Waals surface area contributed by atoms with Crippen molar-refractivity contribution >= 4 is 28.8 Å². The van der Waals surface area contributed by atoms with E-state index in [0.717, 1.165) is 22.7 Å². The SMILES string of the molecule is Cc1csc(CSc2ccc(N)c(C)c2)n1. The number of nitrogens with two attached hydrogens (primary N) is 1. The van der Waals surface area contributed by atoms with E-state index in [-0.39, 0.29) is 0 Å². The molecule has 0 unspecified atom stereocenters. The summed E-state index contributed by atoms with van der Waals surface area (Å²) in [7, 11) is 0. The van der Waals surface area contributed by atoms with E-state index in [4.69, 9.17) is 5.73 Å². The van der Waals surface area contributed by atoms with Gasteiger partial charge in [-0.15, -0.1) is 23.1 Å². The van der Waals surface area contributed by atoms with E-state index in [2.05, 4.69) is 22.5 Å². The molecular formula is C12H14N2S2. The molecule has 0 saturated carbocycles. The summed E-state index contributed by atoms with van der Waals surface area (Å²) in [4.78, 5) is 5.69. The molecule has 0 amide bonds. The Morgan fingerprint density at radius 3 is 2.81 bits per heavy atom. The summed E-state index contributed by atoms with van der Waals surface area (Å²) in [5.74, 6) is 0.932. The van der Waals surface area contributed by atoms with Crippen LogP contribution in [-0.2, 0) is 5.75 Å². The third-order valence-electron chi connectivity index (χ3n) is 2.27. The van der Waals surface area contributed by atoms with Gasteiger partial charge in [0.2, 0.25) is 0 Å². The molecule has 1 aromatic heterocycles. The molecule has 0 spiro atoms. The van der Waals surface area contributed by atoms with Crippen molar-refractivity contribution in [2.24, 2.45) is 0 Å². The van der Waals surface area contributed by atoms with E-state index >= 15 is 0 Å². The zero-order valence-electron chi connectivity index (χ0n) is 9.36. The van der Waals surface area contributed by atoms with Crippen molar-refractivity contribution in [1.82, 2.24) is 4.98 Å². The van der Waals surface area contributed by atoms with Crippen LogP contribution in [0.15, 0.2) is 28.5 Å². The van der Waals surface area contributed by atoms with E-state index < -0.39 is 0 Å². The fourth-order valence-electron chi connectivity index (χ4n) is 1.35. The number of thioether (sulfide) groups is 1. The van der Waals surface area contributed by atoms with Gasteiger partial charge in [-0.1, -0.05) is 0 Å². The summed E-state index contributed by atoms with van der Waals surface area (Å²) >= 11 is 3.52. The first kappa shape index (κ1) is 11.5. The Balaban J connectivity index is 2.02. The second kappa shape index (κ2) is 4.89. The van der Waals surface area contributed by atoms with Crippen molar-refractivity contribution in [2.75, 3.05) is 5.73 Å². The summed E-state index contributed by atoms with van der Waals surface area (Å²) in [6.45, 7) is 4.06. The summed E-state index contributed by atoms with van der Waals surface area (Å²) in [5, 5.41) is 3.27. The number of aryl methyl sites for hydroxylation is 2. The van der Waals surface area contributed by atoms with E-state index in [1.807, 2.05) is 19.9 Å². The molecule has 16 heavy (non-hydrogen) atoms. The first-order valence-electron chi connectivity index (χ1n) is 5.05. The van der Waals surface area contributed by atoms with Gasteiger partial charge in [-0.2, -0.15) is 0 Å². The van der Waals surface area contributed by atoms with Crippen molar-refractivity contribution in [1.29, 1.82) is 0 Å². The highest BCUT2D eigenvalue weighted by atomic mass is 32.2. The lowest BCUT2D eigenvalue weighted by molar-refractivity contribution is 1.18. The standard InChI is InChI=1S/C12H14N2S2/c1-8-5-10(3-4-11(8)13)15-7-12-14-9(2)6-16-12/h3-6H,7,13H2,1-2H3. The van der Waals surface area contributed by atoms with Crippen molar-refractivity contribution in [3.8, 4) is 0 Å². The van der Waals surface area contributed by atoms with Crippen molar-refractivity contribution in [3.05, 3.63) is 39.8 Å². The lowest BCUT2D eigenvalue weighted by atomic mass is 10.2. The Morgan fingerprint density at radius 1 is 1.38 bits per heavy atom. The molecule has 0 fully saturated rings. The average molecular weight is 250 g/mol. The van der Waals surface area contributed by atoms with Gasteiger partial charge < -0.3 is 5.73 Å². The number of anilines is 1. The molecule has 2 rings (SSSR count). The minimum absolute atomic E-state index is 0.856. The number of benzene rings is 1. The number of rotatable bonds is 3. The minimum atomic E-state index is 0.856. The third kappa shape index (κ3) is 2.77. The van der Waals surface area contributed by atoms with Gasteiger partial charge in [0.15, 0.2) is 0 Å². The van der Waals surface area contributed by atoms with E-state index in [9.17, 15) is 0 Å². The van der Waals surface area contributed by atoms with Crippen LogP contribution >= 0.6 is 23.1 Å². The van der Waals surface area contributed by atoms with Crippen molar-refractivity contribution < 1.29 is 0 Å². The number of nitrogen functional groups attached to an aromatic ring is 1. The van der Waals surface area contributed by atoms with Crippen LogP contribution in [0.3, 0.4) is 0 Å². The molecule has 0 aliphatic rings. The summed E-state index contributed by atoms with van der Waals surface area (Å²) in [6.07, 6.45) is 0. The van der Waals surface area contributed by atoms with Crippen molar-refractivity contribution in [2.45, 2.75) is 24.5 Å². The molecule has 84 valence electrons. The Morgan fingerprint density at radius 2 is 2.19 bits per heavy atom. The summed E-state index contributed by atoms with van der Waals surface area (Å²) in [5.41, 5.74) is 8.88. The number of thiazole rings is 1. The van der Waals surface area contributed by atoms with Crippen LogP contribution < -0.4 is 5.73 Å². The second-order valence-corrected chi connectivity index (χ2v) is 5.68. The van der Waals surface area contributed by atoms with Gasteiger partial charge in [-0.3, -0.25) is 0 Å². The maximum absolute atomic E-state index is 5.78. The number of hydrogen-bond acceptors (Lipinski definition) is 4. The van der Waals surface area contributed by atoms with Crippen LogP contribution in [0, 0.1) is 13.8 Å². The minimum Gasteiger partial charge on any atom is -0.399 e. The van der Waals surface area contributed by atoms with Gasteiger partial charge >= 0.3 is 0 Å². The quantitative estimate of drug-likeness (QED) is 0.668. The molecule has 2 aromatic rings. The second-order valence-electron chi connectivity index (χ2n) is 3.69.